The van der Waals surface area contributed by atoms with Gasteiger partial charge in [-0.1, -0.05) is 13.3 Å². The minimum absolute atomic E-state index is 0.181. The minimum Gasteiger partial charge on any atom is -0.463 e. The summed E-state index contributed by atoms with van der Waals surface area (Å²) >= 11 is 1.77. The Kier molecular flexibility index (Phi) is 8.28. The molecule has 4 heteroatoms. The van der Waals surface area contributed by atoms with E-state index >= 15 is 0 Å². The van der Waals surface area contributed by atoms with Gasteiger partial charge in [-0.25, -0.2) is 4.79 Å². The lowest BCUT2D eigenvalue weighted by Crippen LogP contribution is -2.14. The summed E-state index contributed by atoms with van der Waals surface area (Å²) in [5.74, 6) is 0.729. The highest BCUT2D eigenvalue weighted by molar-refractivity contribution is 8.00. The number of unbranched alkanes of at least 4 members (excludes halogenated alkanes) is 1. The highest BCUT2D eigenvalue weighted by Gasteiger charge is 2.07. The molecule has 3 nitrogen and oxygen atoms in total. The Hall–Kier alpha value is -0.640. The molecule has 0 saturated heterocycles. The molecule has 0 fully saturated rings. The highest BCUT2D eigenvalue weighted by atomic mass is 32.2. The van der Waals surface area contributed by atoms with E-state index in [-0.39, 0.29) is 11.2 Å². The summed E-state index contributed by atoms with van der Waals surface area (Å²) in [4.78, 5) is 11.1. The number of nitrogens with two attached hydrogens (primary N) is 1. The first-order chi connectivity index (χ1) is 7.11. The van der Waals surface area contributed by atoms with Gasteiger partial charge in [0.2, 0.25) is 0 Å². The van der Waals surface area contributed by atoms with E-state index in [4.69, 9.17) is 10.5 Å². The summed E-state index contributed by atoms with van der Waals surface area (Å²) < 4.78 is 4.78. The molecule has 0 saturated carbocycles. The van der Waals surface area contributed by atoms with Crippen molar-refractivity contribution in [3.63, 3.8) is 0 Å². The number of hydrogen-bond acceptors (Lipinski definition) is 4. The first-order valence-corrected chi connectivity index (χ1v) is 6.42. The van der Waals surface area contributed by atoms with Crippen molar-refractivity contribution in [2.75, 3.05) is 12.4 Å². The van der Waals surface area contributed by atoms with Crippen molar-refractivity contribution in [1.82, 2.24) is 0 Å². The van der Waals surface area contributed by atoms with Gasteiger partial charge < -0.3 is 10.5 Å². The van der Waals surface area contributed by atoms with Crippen molar-refractivity contribution >= 4 is 17.7 Å². The van der Waals surface area contributed by atoms with Gasteiger partial charge >= 0.3 is 5.97 Å². The van der Waals surface area contributed by atoms with Gasteiger partial charge in [-0.15, -0.1) is 0 Å². The van der Waals surface area contributed by atoms with Crippen molar-refractivity contribution in [3.05, 3.63) is 11.8 Å². The second-order valence-corrected chi connectivity index (χ2v) is 4.71. The van der Waals surface area contributed by atoms with Gasteiger partial charge in [-0.2, -0.15) is 11.8 Å². The summed E-state index contributed by atoms with van der Waals surface area (Å²) in [7, 11) is 0. The highest BCUT2D eigenvalue weighted by Crippen LogP contribution is 2.17. The molecule has 0 spiro atoms. The molecule has 0 radical (unpaired) electrons. The van der Waals surface area contributed by atoms with Crippen LogP contribution in [0.3, 0.4) is 0 Å². The van der Waals surface area contributed by atoms with Gasteiger partial charge in [0, 0.05) is 17.0 Å². The lowest BCUT2D eigenvalue weighted by molar-refractivity contribution is -0.137. The Balaban J connectivity index is 3.95. The second-order valence-electron chi connectivity index (χ2n) is 3.26. The van der Waals surface area contributed by atoms with Gasteiger partial charge in [-0.3, -0.25) is 0 Å². The molecule has 0 aromatic rings. The Morgan fingerprint density at radius 2 is 2.20 bits per heavy atom. The zero-order chi connectivity index (χ0) is 11.7. The van der Waals surface area contributed by atoms with Crippen LogP contribution in [0.5, 0.6) is 0 Å². The lowest BCUT2D eigenvalue weighted by atomic mass is 10.3. The topological polar surface area (TPSA) is 52.3 Å². The fourth-order valence-corrected chi connectivity index (χ4v) is 2.01. The molecule has 0 aromatic carbocycles. The summed E-state index contributed by atoms with van der Waals surface area (Å²) in [5, 5.41) is 0.181. The molecule has 0 bridgehead atoms. The van der Waals surface area contributed by atoms with Gasteiger partial charge in [0.25, 0.3) is 0 Å². The lowest BCUT2D eigenvalue weighted by Gasteiger charge is -2.10. The predicted octanol–water partition coefficient (Wildman–Crippen LogP) is 2.31. The Labute approximate surface area is 96.4 Å². The van der Waals surface area contributed by atoms with E-state index in [0.29, 0.717) is 12.3 Å². The van der Waals surface area contributed by atoms with E-state index in [2.05, 4.69) is 6.92 Å². The monoisotopic (exact) mass is 231 g/mol. The van der Waals surface area contributed by atoms with Gasteiger partial charge in [-0.05, 0) is 26.0 Å². The molecular formula is C11H21NO2S. The molecule has 2 N–H and O–H groups in total. The predicted molar refractivity (Wildman–Crippen MR) is 65.7 cm³/mol. The van der Waals surface area contributed by atoms with Crippen LogP contribution in [-0.4, -0.2) is 23.6 Å². The fraction of sp³-hybridized carbons (Fsp3) is 0.727. The molecule has 0 amide bonds. The van der Waals surface area contributed by atoms with Crippen LogP contribution in [0, 0.1) is 0 Å². The van der Waals surface area contributed by atoms with Crippen LogP contribution in [0.2, 0.25) is 0 Å². The molecule has 0 aromatic heterocycles. The standard InChI is InChI=1S/C11H21NO2S/c1-4-6-7-15-9(3)10(12)8-11(13)14-5-2/h8-9H,4-7,12H2,1-3H3/b10-8-. The fourth-order valence-electron chi connectivity index (χ4n) is 0.938. The maximum atomic E-state index is 11.1. The van der Waals surface area contributed by atoms with Crippen LogP contribution in [-0.2, 0) is 9.53 Å². The van der Waals surface area contributed by atoms with Crippen molar-refractivity contribution in [3.8, 4) is 0 Å². The van der Waals surface area contributed by atoms with Crippen LogP contribution in [0.25, 0.3) is 0 Å². The number of carbonyl (C=O) groups is 1. The van der Waals surface area contributed by atoms with Crippen molar-refractivity contribution < 1.29 is 9.53 Å². The zero-order valence-corrected chi connectivity index (χ0v) is 10.6. The first-order valence-electron chi connectivity index (χ1n) is 5.37. The Bertz CT molecular complexity index is 217. The Morgan fingerprint density at radius 1 is 1.53 bits per heavy atom. The third kappa shape index (κ3) is 7.31. The average Bonchev–Trinajstić information content (AvgIpc) is 2.18. The van der Waals surface area contributed by atoms with Gasteiger partial charge in [0.1, 0.15) is 0 Å². The van der Waals surface area contributed by atoms with E-state index in [9.17, 15) is 4.79 Å². The molecule has 88 valence electrons. The van der Waals surface area contributed by atoms with Crippen molar-refractivity contribution in [1.29, 1.82) is 0 Å². The van der Waals surface area contributed by atoms with Crippen LogP contribution in [0.15, 0.2) is 11.8 Å². The van der Waals surface area contributed by atoms with Crippen molar-refractivity contribution in [2.24, 2.45) is 5.73 Å². The normalized spacial score (nSPS) is 13.7. The summed E-state index contributed by atoms with van der Waals surface area (Å²) in [6.45, 7) is 6.33. The minimum atomic E-state index is -0.349. The number of ether oxygens (including phenoxy) is 1. The molecule has 1 atom stereocenters. The Morgan fingerprint density at radius 3 is 2.73 bits per heavy atom. The molecule has 0 aliphatic heterocycles. The van der Waals surface area contributed by atoms with E-state index in [1.807, 2.05) is 6.92 Å². The molecule has 1 unspecified atom stereocenters. The van der Waals surface area contributed by atoms with Gasteiger partial charge in [0.15, 0.2) is 0 Å². The third-order valence-corrected chi connectivity index (χ3v) is 3.20. The first kappa shape index (κ1) is 14.4. The number of hydrogen-bond donors (Lipinski definition) is 1. The van der Waals surface area contributed by atoms with Crippen LogP contribution in [0.4, 0.5) is 0 Å². The van der Waals surface area contributed by atoms with E-state index in [0.717, 1.165) is 5.75 Å². The average molecular weight is 231 g/mol. The summed E-state index contributed by atoms with van der Waals surface area (Å²) in [5.41, 5.74) is 6.36. The summed E-state index contributed by atoms with van der Waals surface area (Å²) in [6, 6.07) is 0. The van der Waals surface area contributed by atoms with Crippen LogP contribution >= 0.6 is 11.8 Å². The van der Waals surface area contributed by atoms with Crippen molar-refractivity contribution in [2.45, 2.75) is 38.9 Å². The molecule has 0 aliphatic rings. The third-order valence-electron chi connectivity index (χ3n) is 1.91. The number of carbonyl (C=O) groups excluding carboxylic acids is 1. The quantitative estimate of drug-likeness (QED) is 0.415. The van der Waals surface area contributed by atoms with Crippen LogP contribution in [0.1, 0.15) is 33.6 Å². The van der Waals surface area contributed by atoms with E-state index < -0.39 is 0 Å². The summed E-state index contributed by atoms with van der Waals surface area (Å²) in [6.07, 6.45) is 3.75. The zero-order valence-electron chi connectivity index (χ0n) is 9.79. The largest absolute Gasteiger partial charge is 0.463 e. The number of rotatable bonds is 7. The number of esters is 1. The van der Waals surface area contributed by atoms with Crippen LogP contribution < -0.4 is 5.73 Å². The van der Waals surface area contributed by atoms with E-state index in [1.165, 1.54) is 18.9 Å². The van der Waals surface area contributed by atoms with Gasteiger partial charge in [0.05, 0.1) is 6.61 Å². The molecule has 0 rings (SSSR count). The number of thioether (sulfide) groups is 1. The molecular weight excluding hydrogens is 210 g/mol. The maximum absolute atomic E-state index is 11.1. The SMILES string of the molecule is CCCCSC(C)/C(N)=C/C(=O)OCC. The maximum Gasteiger partial charge on any atom is 0.332 e. The molecule has 0 aliphatic carbocycles. The van der Waals surface area contributed by atoms with E-state index in [1.54, 1.807) is 18.7 Å². The molecule has 0 heterocycles. The second kappa shape index (κ2) is 8.65. The smallest absolute Gasteiger partial charge is 0.332 e. The molecule has 15 heavy (non-hydrogen) atoms.